The quantitative estimate of drug-likeness (QED) is 0.320. The Hall–Kier alpha value is -2.81. The first-order chi connectivity index (χ1) is 14.4. The molecule has 0 aliphatic heterocycles. The van der Waals surface area contributed by atoms with Gasteiger partial charge in [-0.15, -0.1) is 0 Å². The number of carbonyl (C=O) groups excluding carboxylic acids is 3. The van der Waals surface area contributed by atoms with Crippen LogP contribution in [0.1, 0.15) is 66.4 Å². The van der Waals surface area contributed by atoms with E-state index in [1.165, 1.54) is 31.2 Å². The molecule has 0 aromatic heterocycles. The van der Waals surface area contributed by atoms with Crippen molar-refractivity contribution in [3.05, 3.63) is 39.9 Å². The van der Waals surface area contributed by atoms with Crippen LogP contribution in [-0.4, -0.2) is 44.6 Å². The van der Waals surface area contributed by atoms with Crippen LogP contribution in [0, 0.1) is 22.0 Å². The lowest BCUT2D eigenvalue weighted by Gasteiger charge is -2.44. The predicted molar refractivity (Wildman–Crippen MR) is 115 cm³/mol. The fourth-order valence-corrected chi connectivity index (χ4v) is 3.99. The first-order valence-corrected chi connectivity index (χ1v) is 10.4. The number of ketones is 1. The molecule has 4 atom stereocenters. The normalized spacial score (nSPS) is 26.4. The molecule has 0 unspecified atom stereocenters. The zero-order valence-corrected chi connectivity index (χ0v) is 19.5. The molecule has 0 radical (unpaired) electrons. The van der Waals surface area contributed by atoms with Crippen LogP contribution < -0.4 is 0 Å². The van der Waals surface area contributed by atoms with Crippen LogP contribution in [-0.2, 0) is 23.9 Å². The number of hydrogen-bond acceptors (Lipinski definition) is 8. The van der Waals surface area contributed by atoms with Gasteiger partial charge in [0.05, 0.1) is 16.4 Å². The maximum Gasteiger partial charge on any atom is 0.317 e. The average molecular weight is 450 g/mol. The second kappa shape index (κ2) is 8.61. The van der Waals surface area contributed by atoms with E-state index in [4.69, 9.17) is 9.47 Å². The number of ether oxygens (including phenoxy) is 2. The smallest absolute Gasteiger partial charge is 0.317 e. The van der Waals surface area contributed by atoms with E-state index in [9.17, 15) is 29.6 Å². The Morgan fingerprint density at radius 2 is 1.62 bits per heavy atom. The Bertz CT molecular complexity index is 923. The van der Waals surface area contributed by atoms with Crippen molar-refractivity contribution in [3.63, 3.8) is 0 Å². The number of hydrogen-bond donors (Lipinski definition) is 1. The fourth-order valence-electron chi connectivity index (χ4n) is 3.99. The highest BCUT2D eigenvalue weighted by Gasteiger charge is 2.58. The highest BCUT2D eigenvalue weighted by molar-refractivity contribution is 6.03. The summed E-state index contributed by atoms with van der Waals surface area (Å²) in [4.78, 5) is 50.1. The number of non-ortho nitro benzene ring substituents is 1. The SMILES string of the molecule is CC(C)(C)OC(=O)[C@H]1C(=O)C[C@@](C)(O)[C@@H](C(=O)OC(C)(C)C)[C@@H]1c1cccc([N+](=O)[O-])c1. The summed E-state index contributed by atoms with van der Waals surface area (Å²) in [5.41, 5.74) is -3.73. The molecule has 2 rings (SSSR count). The number of Topliss-reactive ketones (excluding diaryl/α,β-unsaturated/α-hetero) is 1. The molecule has 32 heavy (non-hydrogen) atoms. The van der Waals surface area contributed by atoms with E-state index < -0.39 is 63.6 Å². The van der Waals surface area contributed by atoms with E-state index >= 15 is 0 Å². The predicted octanol–water partition coefficient (Wildman–Crippen LogP) is 3.32. The lowest BCUT2D eigenvalue weighted by molar-refractivity contribution is -0.385. The number of esters is 2. The van der Waals surface area contributed by atoms with E-state index in [1.54, 1.807) is 41.5 Å². The third kappa shape index (κ3) is 5.91. The molecule has 0 amide bonds. The van der Waals surface area contributed by atoms with Gasteiger partial charge in [-0.05, 0) is 54.0 Å². The summed E-state index contributed by atoms with van der Waals surface area (Å²) in [6.45, 7) is 11.2. The fraction of sp³-hybridized carbons (Fsp3) is 0.609. The molecule has 9 nitrogen and oxygen atoms in total. The Kier molecular flexibility index (Phi) is 6.85. The molecular weight excluding hydrogens is 418 g/mol. The van der Waals surface area contributed by atoms with Crippen molar-refractivity contribution < 1.29 is 33.9 Å². The van der Waals surface area contributed by atoms with Gasteiger partial charge in [-0.25, -0.2) is 0 Å². The number of nitro benzene ring substituents is 1. The summed E-state index contributed by atoms with van der Waals surface area (Å²) < 4.78 is 11.0. The van der Waals surface area contributed by atoms with Gasteiger partial charge in [0.15, 0.2) is 5.78 Å². The third-order valence-electron chi connectivity index (χ3n) is 5.05. The first kappa shape index (κ1) is 25.5. The lowest BCUT2D eigenvalue weighted by atomic mass is 9.61. The van der Waals surface area contributed by atoms with Gasteiger partial charge in [-0.3, -0.25) is 24.5 Å². The van der Waals surface area contributed by atoms with E-state index in [0.717, 1.165) is 0 Å². The van der Waals surface area contributed by atoms with Crippen LogP contribution in [0.15, 0.2) is 24.3 Å². The summed E-state index contributed by atoms with van der Waals surface area (Å²) in [5, 5.41) is 22.4. The molecule has 0 saturated heterocycles. The van der Waals surface area contributed by atoms with E-state index in [-0.39, 0.29) is 11.3 Å². The molecule has 1 N–H and O–H groups in total. The van der Waals surface area contributed by atoms with Crippen molar-refractivity contribution in [3.8, 4) is 0 Å². The Balaban J connectivity index is 2.70. The molecule has 0 heterocycles. The van der Waals surface area contributed by atoms with Crippen molar-refractivity contribution in [1.29, 1.82) is 0 Å². The summed E-state index contributed by atoms with van der Waals surface area (Å²) in [6, 6.07) is 5.35. The summed E-state index contributed by atoms with van der Waals surface area (Å²) in [5.74, 6) is -6.26. The van der Waals surface area contributed by atoms with Gasteiger partial charge in [-0.1, -0.05) is 12.1 Å². The number of nitro groups is 1. The van der Waals surface area contributed by atoms with Gasteiger partial charge in [-0.2, -0.15) is 0 Å². The summed E-state index contributed by atoms with van der Waals surface area (Å²) in [7, 11) is 0. The zero-order valence-electron chi connectivity index (χ0n) is 19.5. The summed E-state index contributed by atoms with van der Waals surface area (Å²) >= 11 is 0. The maximum atomic E-state index is 13.2. The largest absolute Gasteiger partial charge is 0.460 e. The minimum Gasteiger partial charge on any atom is -0.460 e. The third-order valence-corrected chi connectivity index (χ3v) is 5.05. The zero-order chi connectivity index (χ0) is 24.6. The molecule has 0 spiro atoms. The molecule has 1 fully saturated rings. The van der Waals surface area contributed by atoms with Gasteiger partial charge in [0.25, 0.3) is 5.69 Å². The second-order valence-corrected chi connectivity index (χ2v) is 10.4. The van der Waals surface area contributed by atoms with E-state index in [2.05, 4.69) is 0 Å². The van der Waals surface area contributed by atoms with E-state index in [0.29, 0.717) is 0 Å². The Morgan fingerprint density at radius 1 is 1.09 bits per heavy atom. The number of rotatable bonds is 4. The molecule has 1 aliphatic rings. The molecule has 1 aliphatic carbocycles. The van der Waals surface area contributed by atoms with Gasteiger partial charge in [0.1, 0.15) is 17.1 Å². The molecular formula is C23H31NO8. The van der Waals surface area contributed by atoms with Crippen molar-refractivity contribution in [2.24, 2.45) is 11.8 Å². The van der Waals surface area contributed by atoms with Gasteiger partial charge >= 0.3 is 11.9 Å². The number of carbonyl (C=O) groups is 3. The van der Waals surface area contributed by atoms with Crippen molar-refractivity contribution in [2.45, 2.75) is 77.6 Å². The van der Waals surface area contributed by atoms with Crippen LogP contribution in [0.3, 0.4) is 0 Å². The molecule has 1 saturated carbocycles. The Labute approximate surface area is 187 Å². The van der Waals surface area contributed by atoms with Crippen molar-refractivity contribution >= 4 is 23.4 Å². The minimum atomic E-state index is -1.84. The molecule has 176 valence electrons. The van der Waals surface area contributed by atoms with Crippen LogP contribution in [0.5, 0.6) is 0 Å². The summed E-state index contributed by atoms with van der Waals surface area (Å²) in [6.07, 6.45) is -0.466. The number of aliphatic hydroxyl groups is 1. The molecule has 0 bridgehead atoms. The van der Waals surface area contributed by atoms with Crippen LogP contribution in [0.4, 0.5) is 5.69 Å². The van der Waals surface area contributed by atoms with Crippen LogP contribution >= 0.6 is 0 Å². The van der Waals surface area contributed by atoms with Crippen molar-refractivity contribution in [1.82, 2.24) is 0 Å². The second-order valence-electron chi connectivity index (χ2n) is 10.4. The molecule has 1 aromatic rings. The van der Waals surface area contributed by atoms with Crippen LogP contribution in [0.2, 0.25) is 0 Å². The lowest BCUT2D eigenvalue weighted by Crippen LogP contribution is -2.56. The van der Waals surface area contributed by atoms with Crippen molar-refractivity contribution in [2.75, 3.05) is 0 Å². The average Bonchev–Trinajstić information content (AvgIpc) is 2.56. The number of nitrogens with zero attached hydrogens (tertiary/aromatic N) is 1. The standard InChI is InChI=1S/C23H31NO8/c1-21(2,3)31-19(26)17-15(25)12-23(7,28)18(20(27)32-22(4,5)6)16(17)13-9-8-10-14(11-13)24(29)30/h8-11,16-18,28H,12H2,1-7H3/t16-,17+,18-,23-/m1/s1. The monoisotopic (exact) mass is 449 g/mol. The minimum absolute atomic E-state index is 0.194. The topological polar surface area (TPSA) is 133 Å². The van der Waals surface area contributed by atoms with Gasteiger partial charge < -0.3 is 14.6 Å². The highest BCUT2D eigenvalue weighted by atomic mass is 16.6. The van der Waals surface area contributed by atoms with Crippen LogP contribution in [0.25, 0.3) is 0 Å². The number of benzene rings is 1. The molecule has 1 aromatic carbocycles. The Morgan fingerprint density at radius 3 is 2.12 bits per heavy atom. The van der Waals surface area contributed by atoms with Gasteiger partial charge in [0, 0.05) is 24.5 Å². The first-order valence-electron chi connectivity index (χ1n) is 10.4. The van der Waals surface area contributed by atoms with E-state index in [1.807, 2.05) is 0 Å². The molecule has 9 heteroatoms. The van der Waals surface area contributed by atoms with Gasteiger partial charge in [0.2, 0.25) is 0 Å². The maximum absolute atomic E-state index is 13.2. The highest BCUT2D eigenvalue weighted by Crippen LogP contribution is 2.47.